The Balaban J connectivity index is 0.00000117. The second kappa shape index (κ2) is 9.69. The number of hydrogen-bond acceptors (Lipinski definition) is 7. The first-order valence-corrected chi connectivity index (χ1v) is 10.8. The third kappa shape index (κ3) is 4.67. The van der Waals surface area contributed by atoms with Gasteiger partial charge in [-0.15, -0.1) is 0 Å². The number of benzene rings is 2. The summed E-state index contributed by atoms with van der Waals surface area (Å²) in [6.45, 7) is 2.58. The molecule has 29 heavy (non-hydrogen) atoms. The smallest absolute Gasteiger partial charge is 0.131 e. The van der Waals surface area contributed by atoms with Crippen molar-refractivity contribution < 1.29 is 9.32 Å². The average Bonchev–Trinajstić information content (AvgIpc) is 2.92. The van der Waals surface area contributed by atoms with Crippen LogP contribution in [0.4, 0.5) is 17.2 Å². The highest BCUT2D eigenvalue weighted by molar-refractivity contribution is 7.85. The van der Waals surface area contributed by atoms with Gasteiger partial charge in [0, 0.05) is 66.8 Å². The van der Waals surface area contributed by atoms with Crippen molar-refractivity contribution >= 4 is 38.9 Å². The fourth-order valence-electron chi connectivity index (χ4n) is 3.38. The van der Waals surface area contributed by atoms with Gasteiger partial charge in [-0.1, -0.05) is 18.2 Å². The zero-order chi connectivity index (χ0) is 20.8. The molecule has 0 radical (unpaired) electrons. The third-order valence-corrected chi connectivity index (χ3v) is 6.17. The number of aliphatic hydroxyl groups is 1. The van der Waals surface area contributed by atoms with Gasteiger partial charge in [-0.25, -0.2) is 4.98 Å². The van der Waals surface area contributed by atoms with Crippen molar-refractivity contribution in [2.45, 2.75) is 11.4 Å². The molecule has 6 N–H and O–H groups in total. The molecule has 0 saturated carbocycles. The molecule has 3 aromatic rings. The molecule has 8 heteroatoms. The van der Waals surface area contributed by atoms with Crippen molar-refractivity contribution in [1.82, 2.24) is 4.98 Å². The zero-order valence-electron chi connectivity index (χ0n) is 16.5. The third-order valence-electron chi connectivity index (χ3n) is 4.73. The molecule has 1 aliphatic rings. The Kier molecular flexibility index (Phi) is 7.03. The van der Waals surface area contributed by atoms with Crippen LogP contribution in [0.3, 0.4) is 0 Å². The maximum atomic E-state index is 12.6. The molecule has 0 spiro atoms. The molecule has 2 aromatic carbocycles. The lowest BCUT2D eigenvalue weighted by Crippen LogP contribution is -2.26. The van der Waals surface area contributed by atoms with Crippen LogP contribution in [0, 0.1) is 0 Å². The van der Waals surface area contributed by atoms with Gasteiger partial charge >= 0.3 is 0 Å². The van der Waals surface area contributed by atoms with Crippen LogP contribution >= 0.6 is 0 Å². The minimum absolute atomic E-state index is 0.539. The van der Waals surface area contributed by atoms with Gasteiger partial charge in [0.1, 0.15) is 5.82 Å². The number of nitrogens with zero attached hydrogens (tertiary/aromatic N) is 2. The first kappa shape index (κ1) is 21.0. The van der Waals surface area contributed by atoms with Crippen LogP contribution < -0.4 is 21.7 Å². The summed E-state index contributed by atoms with van der Waals surface area (Å²) < 4.78 is 12.6. The van der Waals surface area contributed by atoms with Crippen molar-refractivity contribution in [3.05, 3.63) is 54.1 Å². The van der Waals surface area contributed by atoms with Gasteiger partial charge in [-0.2, -0.15) is 0 Å². The van der Waals surface area contributed by atoms with E-state index in [2.05, 4.69) is 10.2 Å². The van der Waals surface area contributed by atoms with Gasteiger partial charge in [-0.05, 0) is 29.8 Å². The summed E-state index contributed by atoms with van der Waals surface area (Å²) >= 11 is 0. The fourth-order valence-corrected chi connectivity index (χ4v) is 4.65. The van der Waals surface area contributed by atoms with E-state index in [4.69, 9.17) is 21.6 Å². The molecule has 0 saturated heterocycles. The summed E-state index contributed by atoms with van der Waals surface area (Å²) in [5, 5.41) is 11.4. The highest BCUT2D eigenvalue weighted by Gasteiger charge is 2.21. The number of nitrogen functional groups attached to an aromatic ring is 1. The Morgan fingerprint density at radius 1 is 1.21 bits per heavy atom. The number of aliphatic hydroxyl groups excluding tert-OH is 1. The van der Waals surface area contributed by atoms with Gasteiger partial charge < -0.3 is 26.8 Å². The minimum atomic E-state index is -0.985. The van der Waals surface area contributed by atoms with Crippen LogP contribution in [0.15, 0.2) is 53.4 Å². The number of nitrogens with one attached hydrogen (secondary N) is 1. The molecule has 1 aliphatic heterocycles. The Labute approximate surface area is 173 Å². The van der Waals surface area contributed by atoms with Crippen molar-refractivity contribution in [2.75, 3.05) is 48.4 Å². The van der Waals surface area contributed by atoms with Crippen molar-refractivity contribution in [2.24, 2.45) is 5.73 Å². The van der Waals surface area contributed by atoms with Gasteiger partial charge in [0.2, 0.25) is 0 Å². The van der Waals surface area contributed by atoms with Gasteiger partial charge in [-0.3, -0.25) is 4.21 Å². The Morgan fingerprint density at radius 3 is 2.79 bits per heavy atom. The average molecular weight is 414 g/mol. The largest absolute Gasteiger partial charge is 0.400 e. The molecular weight excluding hydrogens is 386 g/mol. The maximum Gasteiger partial charge on any atom is 0.131 e. The number of hydrogen-bond donors (Lipinski definition) is 4. The standard InChI is InChI=1S/C20H23N5OS.CH4O/c21-7-8-23-18-12-20(24-17-6-5-15(22)11-16(17)18)25-9-10-27(26)19-4-2-1-3-14(19)13-25;1-2/h1-6,11-12H,7-10,13,21-22H2,(H,23,24);2H,1H3. The Hall–Kier alpha value is -2.68. The molecule has 0 fully saturated rings. The lowest BCUT2D eigenvalue weighted by atomic mass is 10.1. The SMILES string of the molecule is CO.NCCNc1cc(N2CCS(=O)c3ccccc3C2)nc2ccc(N)cc12. The predicted octanol–water partition coefficient (Wildman–Crippen LogP) is 1.92. The molecule has 0 bridgehead atoms. The maximum absolute atomic E-state index is 12.6. The summed E-state index contributed by atoms with van der Waals surface area (Å²) in [7, 11) is 0.0145. The highest BCUT2D eigenvalue weighted by atomic mass is 32.2. The monoisotopic (exact) mass is 413 g/mol. The van der Waals surface area contributed by atoms with Crippen LogP contribution in [-0.2, 0) is 17.3 Å². The first-order valence-electron chi connectivity index (χ1n) is 9.46. The molecule has 1 unspecified atom stereocenters. The first-order chi connectivity index (χ1) is 14.2. The molecular formula is C21H27N5O2S. The van der Waals surface area contributed by atoms with E-state index < -0.39 is 10.8 Å². The van der Waals surface area contributed by atoms with E-state index in [0.29, 0.717) is 37.6 Å². The Bertz CT molecular complexity index is 1010. The molecule has 1 atom stereocenters. The van der Waals surface area contributed by atoms with Gasteiger partial charge in [0.05, 0.1) is 16.3 Å². The predicted molar refractivity (Wildman–Crippen MR) is 121 cm³/mol. The van der Waals surface area contributed by atoms with E-state index >= 15 is 0 Å². The normalized spacial score (nSPS) is 15.8. The fraction of sp³-hybridized carbons (Fsp3) is 0.286. The van der Waals surface area contributed by atoms with Crippen LogP contribution in [0.2, 0.25) is 0 Å². The molecule has 1 aromatic heterocycles. The molecule has 7 nitrogen and oxygen atoms in total. The van der Waals surface area contributed by atoms with Crippen molar-refractivity contribution in [1.29, 1.82) is 0 Å². The van der Waals surface area contributed by atoms with E-state index in [9.17, 15) is 4.21 Å². The summed E-state index contributed by atoms with van der Waals surface area (Å²) in [5.74, 6) is 1.45. The molecule has 2 heterocycles. The number of fused-ring (bicyclic) bond motifs is 2. The number of rotatable bonds is 4. The number of pyridine rings is 1. The van der Waals surface area contributed by atoms with Gasteiger partial charge in [0.15, 0.2) is 0 Å². The second-order valence-electron chi connectivity index (χ2n) is 6.60. The second-order valence-corrected chi connectivity index (χ2v) is 8.14. The number of anilines is 3. The lowest BCUT2D eigenvalue weighted by Gasteiger charge is -2.23. The number of nitrogens with two attached hydrogens (primary N) is 2. The van der Waals surface area contributed by atoms with Crippen LogP contribution in [0.25, 0.3) is 10.9 Å². The lowest BCUT2D eigenvalue weighted by molar-refractivity contribution is 0.399. The summed E-state index contributed by atoms with van der Waals surface area (Å²) in [5.41, 5.74) is 15.3. The minimum Gasteiger partial charge on any atom is -0.400 e. The van der Waals surface area contributed by atoms with Gasteiger partial charge in [0.25, 0.3) is 0 Å². The molecule has 4 rings (SSSR count). The van der Waals surface area contributed by atoms with E-state index in [1.54, 1.807) is 0 Å². The summed E-state index contributed by atoms with van der Waals surface area (Å²) in [6, 6.07) is 15.7. The van der Waals surface area contributed by atoms with Crippen LogP contribution in [0.5, 0.6) is 0 Å². The molecule has 0 amide bonds. The molecule has 154 valence electrons. The van der Waals surface area contributed by atoms with Crippen molar-refractivity contribution in [3.8, 4) is 0 Å². The quantitative estimate of drug-likeness (QED) is 0.483. The van der Waals surface area contributed by atoms with Crippen LogP contribution in [0.1, 0.15) is 5.56 Å². The van der Waals surface area contributed by atoms with E-state index in [0.717, 1.165) is 40.0 Å². The summed E-state index contributed by atoms with van der Waals surface area (Å²) in [4.78, 5) is 7.96. The van der Waals surface area contributed by atoms with Crippen LogP contribution in [-0.4, -0.2) is 46.8 Å². The Morgan fingerprint density at radius 2 is 2.00 bits per heavy atom. The van der Waals surface area contributed by atoms with Crippen molar-refractivity contribution in [3.63, 3.8) is 0 Å². The summed E-state index contributed by atoms with van der Waals surface area (Å²) in [6.07, 6.45) is 0. The number of aromatic nitrogens is 1. The molecule has 0 aliphatic carbocycles. The highest BCUT2D eigenvalue weighted by Crippen LogP contribution is 2.31. The zero-order valence-corrected chi connectivity index (χ0v) is 17.3. The topological polar surface area (TPSA) is 118 Å². The van der Waals surface area contributed by atoms with E-state index in [1.807, 2.05) is 48.5 Å². The van der Waals surface area contributed by atoms with E-state index in [1.165, 1.54) is 0 Å². The van der Waals surface area contributed by atoms with E-state index in [-0.39, 0.29) is 0 Å².